The lowest BCUT2D eigenvalue weighted by Crippen LogP contribution is -2.73. The Kier molecular flexibility index (Phi) is 13.4. The average Bonchev–Trinajstić information content (AvgIpc) is 3.44. The van der Waals surface area contributed by atoms with E-state index >= 15 is 0 Å². The standard InChI is InChI=1S/C33H46ClN4O9P/c1-21(48(44,45-5)46-6)27(37-32(43)47-20-23-15-11-8-12-16-23)30(41)36-25(17-22-13-9-7-10-14-22)28(39)31(42)38(33(2,3)4)19-24(34)18-26(38)29(35)40/h7-16,21,24-28,39H,17-20H2,1-6H3,(H3-,35,36,37,40,41,43)/p+1/t21?,24-,25-,26-,27?,28-,38?/m0/s1. The molecule has 15 heteroatoms. The number of ether oxygens (including phenoxy) is 1. The Morgan fingerprint density at radius 3 is 2.04 bits per heavy atom. The first-order chi connectivity index (χ1) is 22.5. The van der Waals surface area contributed by atoms with Crippen LogP contribution in [0.1, 0.15) is 45.2 Å². The van der Waals surface area contributed by atoms with Crippen LogP contribution in [0.5, 0.6) is 0 Å². The second-order valence-corrected chi connectivity index (χ2v) is 16.1. The van der Waals surface area contributed by atoms with E-state index in [2.05, 4.69) is 10.6 Å². The number of halogens is 1. The smallest absolute Gasteiger partial charge is 0.408 e. The molecule has 1 heterocycles. The summed E-state index contributed by atoms with van der Waals surface area (Å²) in [5.74, 6) is -2.39. The van der Waals surface area contributed by atoms with E-state index < -0.39 is 76.7 Å². The lowest BCUT2D eigenvalue weighted by atomic mass is 9.93. The Bertz CT molecular complexity index is 1470. The Morgan fingerprint density at radius 1 is 1.00 bits per heavy atom. The maximum atomic E-state index is 14.5. The van der Waals surface area contributed by atoms with Gasteiger partial charge in [-0.2, -0.15) is 0 Å². The number of likely N-dealkylation sites (tertiary alicyclic amines) is 1. The Labute approximate surface area is 286 Å². The molecule has 1 aliphatic rings. The van der Waals surface area contributed by atoms with Crippen LogP contribution in [-0.2, 0) is 45.8 Å². The van der Waals surface area contributed by atoms with Crippen molar-refractivity contribution in [3.63, 3.8) is 0 Å². The number of benzene rings is 2. The van der Waals surface area contributed by atoms with Crippen molar-refractivity contribution in [2.24, 2.45) is 5.73 Å². The lowest BCUT2D eigenvalue weighted by molar-refractivity contribution is -0.904. The Morgan fingerprint density at radius 2 is 1.54 bits per heavy atom. The molecule has 0 spiro atoms. The minimum Gasteiger partial charge on any atom is -0.445 e. The van der Waals surface area contributed by atoms with Gasteiger partial charge in [0, 0.05) is 20.6 Å². The van der Waals surface area contributed by atoms with Crippen LogP contribution in [0, 0.1) is 0 Å². The van der Waals surface area contributed by atoms with Crippen molar-refractivity contribution in [1.29, 1.82) is 0 Å². The summed E-state index contributed by atoms with van der Waals surface area (Å²) < 4.78 is 28.5. The molecule has 264 valence electrons. The number of rotatable bonds is 14. The highest BCUT2D eigenvalue weighted by molar-refractivity contribution is 7.54. The van der Waals surface area contributed by atoms with E-state index in [-0.39, 0.29) is 26.0 Å². The second-order valence-electron chi connectivity index (χ2n) is 12.9. The fraction of sp³-hybridized carbons (Fsp3) is 0.515. The Hall–Kier alpha value is -3.32. The topological polar surface area (TPSA) is 183 Å². The zero-order valence-corrected chi connectivity index (χ0v) is 29.8. The SMILES string of the molecule is COP(=O)(OC)C(C)C(NC(=O)OCc1ccccc1)C(=O)N[C@@H](Cc1ccccc1)[C@H](O)C(=O)[N+]1(C(C)(C)C)C[C@@H](Cl)C[C@H]1C(N)=O. The summed E-state index contributed by atoms with van der Waals surface area (Å²) in [6, 6.07) is 13.8. The van der Waals surface area contributed by atoms with Crippen molar-refractivity contribution in [2.75, 3.05) is 20.8 Å². The van der Waals surface area contributed by atoms with E-state index in [0.29, 0.717) is 11.1 Å². The van der Waals surface area contributed by atoms with Gasteiger partial charge in [-0.1, -0.05) is 60.7 Å². The largest absolute Gasteiger partial charge is 0.445 e. The maximum absolute atomic E-state index is 14.5. The molecule has 0 aromatic heterocycles. The van der Waals surface area contributed by atoms with Gasteiger partial charge in [-0.05, 0) is 45.2 Å². The number of carbonyl (C=O) groups is 4. The third kappa shape index (κ3) is 8.82. The van der Waals surface area contributed by atoms with Gasteiger partial charge >= 0.3 is 19.6 Å². The molecule has 1 saturated heterocycles. The zero-order valence-electron chi connectivity index (χ0n) is 28.1. The molecule has 0 aliphatic carbocycles. The van der Waals surface area contributed by atoms with Crippen LogP contribution in [-0.4, -0.2) is 95.0 Å². The van der Waals surface area contributed by atoms with Crippen LogP contribution in [0.4, 0.5) is 4.79 Å². The Balaban J connectivity index is 2.00. The monoisotopic (exact) mass is 709 g/mol. The number of alkyl halides is 1. The quantitative estimate of drug-likeness (QED) is 0.130. The number of nitrogens with zero attached hydrogens (tertiary/aromatic N) is 1. The molecule has 2 aromatic rings. The van der Waals surface area contributed by atoms with Crippen LogP contribution < -0.4 is 16.4 Å². The molecular formula is C33H47ClN4O9P+. The number of nitrogens with two attached hydrogens (primary N) is 1. The van der Waals surface area contributed by atoms with Gasteiger partial charge in [0.2, 0.25) is 5.91 Å². The molecule has 5 N–H and O–H groups in total. The summed E-state index contributed by atoms with van der Waals surface area (Å²) in [6.07, 6.45) is -2.76. The average molecular weight is 710 g/mol. The molecule has 1 aliphatic heterocycles. The molecule has 3 rings (SSSR count). The maximum Gasteiger partial charge on any atom is 0.408 e. The summed E-state index contributed by atoms with van der Waals surface area (Å²) >= 11 is 6.51. The first-order valence-electron chi connectivity index (χ1n) is 15.6. The van der Waals surface area contributed by atoms with Gasteiger partial charge in [-0.3, -0.25) is 14.2 Å². The highest BCUT2D eigenvalue weighted by Crippen LogP contribution is 2.52. The summed E-state index contributed by atoms with van der Waals surface area (Å²) in [5, 5.41) is 16.4. The number of primary amides is 1. The van der Waals surface area contributed by atoms with Crippen LogP contribution in [0.25, 0.3) is 0 Å². The summed E-state index contributed by atoms with van der Waals surface area (Å²) in [7, 11) is -1.68. The summed E-state index contributed by atoms with van der Waals surface area (Å²) in [6.45, 7) is 6.57. The molecule has 4 amide bonds. The van der Waals surface area contributed by atoms with Gasteiger partial charge in [0.1, 0.15) is 19.2 Å². The molecule has 2 aromatic carbocycles. The van der Waals surface area contributed by atoms with Crippen LogP contribution in [0.3, 0.4) is 0 Å². The molecule has 0 radical (unpaired) electrons. The van der Waals surface area contributed by atoms with Gasteiger partial charge in [-0.25, -0.2) is 14.1 Å². The number of quaternary nitrogens is 1. The van der Waals surface area contributed by atoms with E-state index in [4.69, 9.17) is 31.1 Å². The summed E-state index contributed by atoms with van der Waals surface area (Å²) in [5.41, 5.74) is 4.97. The highest BCUT2D eigenvalue weighted by atomic mass is 35.5. The molecule has 0 saturated carbocycles. The number of hydrogen-bond acceptors (Lipinski definition) is 9. The van der Waals surface area contributed by atoms with Crippen molar-refractivity contribution >= 4 is 43.0 Å². The lowest BCUT2D eigenvalue weighted by Gasteiger charge is -2.47. The van der Waals surface area contributed by atoms with E-state index in [0.717, 1.165) is 14.2 Å². The number of carbonyl (C=O) groups excluding carboxylic acids is 4. The molecule has 0 bridgehead atoms. The molecule has 48 heavy (non-hydrogen) atoms. The van der Waals surface area contributed by atoms with Gasteiger partial charge in [0.25, 0.3) is 5.91 Å². The van der Waals surface area contributed by atoms with Crippen LogP contribution >= 0.6 is 19.2 Å². The first-order valence-corrected chi connectivity index (χ1v) is 17.6. The number of nitrogens with one attached hydrogen (secondary N) is 2. The number of aliphatic hydroxyl groups excluding tert-OH is 1. The number of hydrogen-bond donors (Lipinski definition) is 4. The number of alkyl carbamates (subject to hydrolysis) is 1. The van der Waals surface area contributed by atoms with E-state index in [1.165, 1.54) is 6.92 Å². The van der Waals surface area contributed by atoms with Crippen molar-refractivity contribution in [1.82, 2.24) is 10.6 Å². The highest BCUT2D eigenvalue weighted by Gasteiger charge is 2.62. The normalized spacial score (nSPS) is 22.2. The molecule has 3 unspecified atom stereocenters. The van der Waals surface area contributed by atoms with Gasteiger partial charge in [-0.15, -0.1) is 11.6 Å². The van der Waals surface area contributed by atoms with Crippen molar-refractivity contribution in [2.45, 2.75) is 87.9 Å². The molecule has 1 fully saturated rings. The van der Waals surface area contributed by atoms with Crippen LogP contribution in [0.2, 0.25) is 0 Å². The third-order valence-corrected chi connectivity index (χ3v) is 11.6. The fourth-order valence-corrected chi connectivity index (χ4v) is 8.04. The molecule has 7 atom stereocenters. The van der Waals surface area contributed by atoms with E-state index in [1.54, 1.807) is 81.4 Å². The third-order valence-electron chi connectivity index (χ3n) is 8.93. The number of aliphatic hydroxyl groups is 1. The van der Waals surface area contributed by atoms with Crippen molar-refractivity contribution in [3.8, 4) is 0 Å². The van der Waals surface area contributed by atoms with E-state index in [1.807, 2.05) is 0 Å². The second kappa shape index (κ2) is 16.4. The predicted molar refractivity (Wildman–Crippen MR) is 180 cm³/mol. The first kappa shape index (κ1) is 39.1. The van der Waals surface area contributed by atoms with Gasteiger partial charge < -0.3 is 35.3 Å². The fourth-order valence-electron chi connectivity index (χ4n) is 6.26. The van der Waals surface area contributed by atoms with Crippen molar-refractivity contribution in [3.05, 3.63) is 71.8 Å². The minimum absolute atomic E-state index is 0.0268. The molecule has 13 nitrogen and oxygen atoms in total. The van der Waals surface area contributed by atoms with Crippen molar-refractivity contribution < 1.29 is 47.1 Å². The van der Waals surface area contributed by atoms with Gasteiger partial charge in [0.05, 0.1) is 22.6 Å². The van der Waals surface area contributed by atoms with E-state index in [9.17, 15) is 28.8 Å². The zero-order chi connectivity index (χ0) is 35.9. The minimum atomic E-state index is -3.97. The van der Waals surface area contributed by atoms with Gasteiger partial charge in [0.15, 0.2) is 12.1 Å². The molecular weight excluding hydrogens is 663 g/mol. The summed E-state index contributed by atoms with van der Waals surface area (Å²) in [4.78, 5) is 54.2. The number of amides is 4. The predicted octanol–water partition coefficient (Wildman–Crippen LogP) is 3.25. The van der Waals surface area contributed by atoms with Crippen LogP contribution in [0.15, 0.2) is 60.7 Å².